The molecule has 0 radical (unpaired) electrons. The second kappa shape index (κ2) is 5.48. The van der Waals surface area contributed by atoms with Gasteiger partial charge in [0.1, 0.15) is 0 Å². The fourth-order valence-corrected chi connectivity index (χ4v) is 3.54. The Morgan fingerprint density at radius 3 is 2.76 bits per heavy atom. The van der Waals surface area contributed by atoms with Gasteiger partial charge in [-0.1, -0.05) is 6.92 Å². The van der Waals surface area contributed by atoms with Gasteiger partial charge in [-0.15, -0.1) is 11.8 Å². The zero-order chi connectivity index (χ0) is 15.0. The van der Waals surface area contributed by atoms with Crippen molar-refractivity contribution in [2.45, 2.75) is 25.3 Å². The number of hydrogen-bond donors (Lipinski definition) is 1. The van der Waals surface area contributed by atoms with Crippen LogP contribution in [0.2, 0.25) is 0 Å². The van der Waals surface area contributed by atoms with Gasteiger partial charge < -0.3 is 10.3 Å². The van der Waals surface area contributed by atoms with Crippen molar-refractivity contribution in [1.29, 1.82) is 0 Å². The monoisotopic (exact) mass is 300 g/mol. The molecule has 3 aromatic rings. The second-order valence-electron chi connectivity index (χ2n) is 5.23. The lowest BCUT2D eigenvalue weighted by Crippen LogP contribution is -2.04. The number of nitrogens with zero attached hydrogens (tertiary/aromatic N) is 3. The molecule has 5 heteroatoms. The molecule has 0 fully saturated rings. The Kier molecular flexibility index (Phi) is 3.68. The summed E-state index contributed by atoms with van der Waals surface area (Å²) in [5.74, 6) is 1.05. The predicted molar refractivity (Wildman–Crippen MR) is 89.8 cm³/mol. The molecule has 0 saturated carbocycles. The van der Waals surface area contributed by atoms with Gasteiger partial charge in [0, 0.05) is 29.2 Å². The average Bonchev–Trinajstić information content (AvgIpc) is 2.95. The Balaban J connectivity index is 2.05. The lowest BCUT2D eigenvalue weighted by molar-refractivity contribution is 0.673. The van der Waals surface area contributed by atoms with E-state index < -0.39 is 0 Å². The Morgan fingerprint density at radius 1 is 1.29 bits per heavy atom. The summed E-state index contributed by atoms with van der Waals surface area (Å²) < 4.78 is 4.18. The normalized spacial score (nSPS) is 11.4. The SMILES string of the molecule is CCSc1cc(N)cc2c1ccn2Cc1cc(C)nn1C. The number of aromatic nitrogens is 3. The van der Waals surface area contributed by atoms with E-state index in [0.29, 0.717) is 0 Å². The summed E-state index contributed by atoms with van der Waals surface area (Å²) in [6, 6.07) is 8.42. The third-order valence-electron chi connectivity index (χ3n) is 3.60. The van der Waals surface area contributed by atoms with Crippen molar-refractivity contribution in [2.24, 2.45) is 7.05 Å². The molecule has 0 amide bonds. The van der Waals surface area contributed by atoms with Crippen LogP contribution < -0.4 is 5.73 Å². The number of hydrogen-bond acceptors (Lipinski definition) is 3. The van der Waals surface area contributed by atoms with Crippen molar-refractivity contribution in [3.63, 3.8) is 0 Å². The second-order valence-corrected chi connectivity index (χ2v) is 6.54. The van der Waals surface area contributed by atoms with Crippen LogP contribution in [0.25, 0.3) is 10.9 Å². The summed E-state index contributed by atoms with van der Waals surface area (Å²) in [7, 11) is 1.99. The van der Waals surface area contributed by atoms with Gasteiger partial charge in [0.2, 0.25) is 0 Å². The first-order valence-corrected chi connectivity index (χ1v) is 8.07. The van der Waals surface area contributed by atoms with E-state index in [-0.39, 0.29) is 0 Å². The first-order valence-electron chi connectivity index (χ1n) is 7.09. The highest BCUT2D eigenvalue weighted by Gasteiger charge is 2.10. The summed E-state index contributed by atoms with van der Waals surface area (Å²) in [5, 5.41) is 5.68. The molecule has 4 nitrogen and oxygen atoms in total. The molecule has 0 aliphatic rings. The maximum absolute atomic E-state index is 6.07. The van der Waals surface area contributed by atoms with Crippen molar-refractivity contribution < 1.29 is 0 Å². The van der Waals surface area contributed by atoms with Crippen LogP contribution in [0.1, 0.15) is 18.3 Å². The summed E-state index contributed by atoms with van der Waals surface area (Å²) in [6.45, 7) is 4.99. The van der Waals surface area contributed by atoms with E-state index in [1.165, 1.54) is 21.5 Å². The van der Waals surface area contributed by atoms with E-state index in [1.54, 1.807) is 0 Å². The number of thioether (sulfide) groups is 1. The van der Waals surface area contributed by atoms with Crippen LogP contribution >= 0.6 is 11.8 Å². The van der Waals surface area contributed by atoms with E-state index in [0.717, 1.165) is 23.7 Å². The van der Waals surface area contributed by atoms with Crippen molar-refractivity contribution >= 4 is 28.4 Å². The van der Waals surface area contributed by atoms with Crippen molar-refractivity contribution in [3.05, 3.63) is 41.9 Å². The van der Waals surface area contributed by atoms with Crippen molar-refractivity contribution in [2.75, 3.05) is 11.5 Å². The zero-order valence-corrected chi connectivity index (χ0v) is 13.4. The molecular weight excluding hydrogens is 280 g/mol. The third-order valence-corrected chi connectivity index (χ3v) is 4.54. The number of benzene rings is 1. The first-order chi connectivity index (χ1) is 10.1. The van der Waals surface area contributed by atoms with E-state index in [9.17, 15) is 0 Å². The highest BCUT2D eigenvalue weighted by molar-refractivity contribution is 7.99. The molecule has 21 heavy (non-hydrogen) atoms. The van der Waals surface area contributed by atoms with Gasteiger partial charge in [-0.2, -0.15) is 5.10 Å². The topological polar surface area (TPSA) is 48.8 Å². The molecule has 0 aliphatic heterocycles. The van der Waals surface area contributed by atoms with E-state index in [1.807, 2.05) is 30.4 Å². The predicted octanol–water partition coefficient (Wildman–Crippen LogP) is 3.43. The van der Waals surface area contributed by atoms with Crippen LogP contribution in [0.5, 0.6) is 0 Å². The molecule has 0 spiro atoms. The number of rotatable bonds is 4. The Labute approximate surface area is 128 Å². The number of nitrogens with two attached hydrogens (primary N) is 1. The molecule has 0 saturated heterocycles. The van der Waals surface area contributed by atoms with Crippen LogP contribution in [0.15, 0.2) is 35.4 Å². The van der Waals surface area contributed by atoms with Crippen LogP contribution in [0.4, 0.5) is 5.69 Å². The highest BCUT2D eigenvalue weighted by atomic mass is 32.2. The lowest BCUT2D eigenvalue weighted by Gasteiger charge is -2.08. The van der Waals surface area contributed by atoms with E-state index in [2.05, 4.69) is 47.1 Å². The third kappa shape index (κ3) is 2.65. The molecule has 3 rings (SSSR count). The van der Waals surface area contributed by atoms with Gasteiger partial charge in [-0.05, 0) is 36.9 Å². The summed E-state index contributed by atoms with van der Waals surface area (Å²) in [6.07, 6.45) is 2.13. The lowest BCUT2D eigenvalue weighted by atomic mass is 10.2. The van der Waals surface area contributed by atoms with Crippen LogP contribution in [-0.2, 0) is 13.6 Å². The standard InChI is InChI=1S/C16H20N4S/c1-4-21-16-9-12(17)8-15-14(16)5-6-20(15)10-13-7-11(2)18-19(13)3/h5-9H,4,10,17H2,1-3H3. The summed E-state index contributed by atoms with van der Waals surface area (Å²) >= 11 is 1.83. The van der Waals surface area contributed by atoms with Crippen molar-refractivity contribution in [3.8, 4) is 0 Å². The van der Waals surface area contributed by atoms with Crippen LogP contribution in [0, 0.1) is 6.92 Å². The maximum Gasteiger partial charge on any atom is 0.0645 e. The van der Waals surface area contributed by atoms with E-state index >= 15 is 0 Å². The van der Waals surface area contributed by atoms with E-state index in [4.69, 9.17) is 5.73 Å². The molecular formula is C16H20N4S. The minimum absolute atomic E-state index is 0.806. The average molecular weight is 300 g/mol. The molecule has 0 unspecified atom stereocenters. The quantitative estimate of drug-likeness (QED) is 0.593. The molecule has 110 valence electrons. The maximum atomic E-state index is 6.07. The number of fused-ring (bicyclic) bond motifs is 1. The molecule has 2 aromatic heterocycles. The smallest absolute Gasteiger partial charge is 0.0645 e. The minimum atomic E-state index is 0.806. The largest absolute Gasteiger partial charge is 0.399 e. The molecule has 1 aromatic carbocycles. The summed E-state index contributed by atoms with van der Waals surface area (Å²) in [5.41, 5.74) is 10.3. The minimum Gasteiger partial charge on any atom is -0.399 e. The van der Waals surface area contributed by atoms with Crippen LogP contribution in [0.3, 0.4) is 0 Å². The van der Waals surface area contributed by atoms with Gasteiger partial charge in [0.05, 0.1) is 23.4 Å². The molecule has 0 aliphatic carbocycles. The number of nitrogen functional groups attached to an aromatic ring is 1. The molecule has 2 N–H and O–H groups in total. The summed E-state index contributed by atoms with van der Waals surface area (Å²) in [4.78, 5) is 1.26. The van der Waals surface area contributed by atoms with Gasteiger partial charge in [-0.3, -0.25) is 4.68 Å². The first kappa shape index (κ1) is 14.1. The Hall–Kier alpha value is -1.88. The Bertz CT molecular complexity index is 785. The number of anilines is 1. The zero-order valence-electron chi connectivity index (χ0n) is 12.6. The van der Waals surface area contributed by atoms with Gasteiger partial charge in [-0.25, -0.2) is 0 Å². The highest BCUT2D eigenvalue weighted by Crippen LogP contribution is 2.31. The van der Waals surface area contributed by atoms with Gasteiger partial charge in [0.25, 0.3) is 0 Å². The van der Waals surface area contributed by atoms with Gasteiger partial charge >= 0.3 is 0 Å². The molecule has 0 atom stereocenters. The van der Waals surface area contributed by atoms with Gasteiger partial charge in [0.15, 0.2) is 0 Å². The Morgan fingerprint density at radius 2 is 2.10 bits per heavy atom. The molecule has 0 bridgehead atoms. The van der Waals surface area contributed by atoms with Crippen molar-refractivity contribution in [1.82, 2.24) is 14.3 Å². The van der Waals surface area contributed by atoms with Crippen LogP contribution in [-0.4, -0.2) is 20.1 Å². The fourth-order valence-electron chi connectivity index (χ4n) is 2.68. The molecule has 2 heterocycles. The number of aryl methyl sites for hydroxylation is 2. The fraction of sp³-hybridized carbons (Fsp3) is 0.312.